The van der Waals surface area contributed by atoms with Crippen molar-refractivity contribution in [1.82, 2.24) is 14.3 Å². The van der Waals surface area contributed by atoms with E-state index in [2.05, 4.69) is 15.3 Å². The number of nitrogens with zero attached hydrogens (tertiary/aromatic N) is 3. The van der Waals surface area contributed by atoms with E-state index in [4.69, 9.17) is 4.74 Å². The number of ether oxygens (including phenoxy) is 1. The number of carbonyl (C=O) groups excluding carboxylic acids is 1. The molecule has 0 spiro atoms. The topological polar surface area (TPSA) is 101 Å². The highest BCUT2D eigenvalue weighted by Crippen LogP contribution is 2.47. The second-order valence-corrected chi connectivity index (χ2v) is 9.82. The molecular weight excluding hydrogens is 392 g/mol. The highest BCUT2D eigenvalue weighted by molar-refractivity contribution is 7.89. The molecule has 4 atom stereocenters. The summed E-state index contributed by atoms with van der Waals surface area (Å²) in [4.78, 5) is 20.8. The predicted octanol–water partition coefficient (Wildman–Crippen LogP) is 2.02. The van der Waals surface area contributed by atoms with Gasteiger partial charge in [-0.2, -0.15) is 4.31 Å². The number of sulfonamides is 1. The third-order valence-corrected chi connectivity index (χ3v) is 7.69. The number of amides is 1. The number of pyridine rings is 2. The molecule has 9 heteroatoms. The van der Waals surface area contributed by atoms with E-state index in [1.165, 1.54) is 16.6 Å². The quantitative estimate of drug-likeness (QED) is 0.800. The molecule has 2 saturated heterocycles. The SMILES string of the molecule is O=C(Nc1ccc(S(=O)(=O)N2CC3CCC(C2)O3)cn1)C1CC1c1cccnc1.[HH]. The summed E-state index contributed by atoms with van der Waals surface area (Å²) < 4.78 is 33.0. The Balaban J connectivity index is 0.00000218. The minimum atomic E-state index is -3.61. The smallest absolute Gasteiger partial charge is 0.244 e. The fourth-order valence-electron chi connectivity index (χ4n) is 4.20. The van der Waals surface area contributed by atoms with Gasteiger partial charge in [0, 0.05) is 39.0 Å². The zero-order chi connectivity index (χ0) is 20.0. The van der Waals surface area contributed by atoms with Gasteiger partial charge in [0.15, 0.2) is 0 Å². The third kappa shape index (κ3) is 3.65. The van der Waals surface area contributed by atoms with E-state index in [9.17, 15) is 13.2 Å². The maximum atomic E-state index is 12.9. The Morgan fingerprint density at radius 3 is 2.62 bits per heavy atom. The molecule has 2 aromatic heterocycles. The van der Waals surface area contributed by atoms with Gasteiger partial charge in [-0.25, -0.2) is 13.4 Å². The lowest BCUT2D eigenvalue weighted by Crippen LogP contribution is -2.45. The number of carbonyl (C=O) groups is 1. The van der Waals surface area contributed by atoms with E-state index < -0.39 is 10.0 Å². The van der Waals surface area contributed by atoms with E-state index in [0.717, 1.165) is 24.8 Å². The minimum absolute atomic E-state index is 0. The Hall–Kier alpha value is -2.36. The molecule has 2 bridgehead atoms. The van der Waals surface area contributed by atoms with Crippen molar-refractivity contribution in [2.24, 2.45) is 5.92 Å². The summed E-state index contributed by atoms with van der Waals surface area (Å²) in [7, 11) is -3.61. The summed E-state index contributed by atoms with van der Waals surface area (Å²) in [5, 5.41) is 2.79. The van der Waals surface area contributed by atoms with Gasteiger partial charge in [-0.15, -0.1) is 0 Å². The molecule has 2 aliphatic heterocycles. The molecule has 5 rings (SSSR count). The second kappa shape index (κ2) is 7.16. The lowest BCUT2D eigenvalue weighted by atomic mass is 10.1. The van der Waals surface area contributed by atoms with E-state index >= 15 is 0 Å². The molecule has 0 radical (unpaired) electrons. The van der Waals surface area contributed by atoms with Crippen LogP contribution in [0.15, 0.2) is 47.8 Å². The van der Waals surface area contributed by atoms with Crippen molar-refractivity contribution < 1.29 is 19.4 Å². The van der Waals surface area contributed by atoms with Crippen LogP contribution in [0.3, 0.4) is 0 Å². The number of nitrogens with one attached hydrogen (secondary N) is 1. The lowest BCUT2D eigenvalue weighted by Gasteiger charge is -2.31. The van der Waals surface area contributed by atoms with Gasteiger partial charge < -0.3 is 10.1 Å². The number of rotatable bonds is 5. The third-order valence-electron chi connectivity index (χ3n) is 5.88. The van der Waals surface area contributed by atoms with Crippen molar-refractivity contribution in [3.05, 3.63) is 48.4 Å². The molecule has 1 saturated carbocycles. The van der Waals surface area contributed by atoms with Crippen molar-refractivity contribution in [2.45, 2.75) is 42.3 Å². The van der Waals surface area contributed by atoms with Crippen LogP contribution in [0.1, 0.15) is 32.2 Å². The van der Waals surface area contributed by atoms with Gasteiger partial charge in [0.05, 0.1) is 12.2 Å². The molecule has 3 fully saturated rings. The second-order valence-electron chi connectivity index (χ2n) is 7.88. The molecule has 2 aromatic rings. The minimum Gasteiger partial charge on any atom is -0.372 e. The van der Waals surface area contributed by atoms with Crippen LogP contribution in [-0.2, 0) is 19.6 Å². The molecule has 3 aliphatic rings. The van der Waals surface area contributed by atoms with E-state index in [-0.39, 0.29) is 36.3 Å². The van der Waals surface area contributed by atoms with Crippen molar-refractivity contribution >= 4 is 21.7 Å². The first-order valence-electron chi connectivity index (χ1n) is 9.83. The first kappa shape index (κ1) is 18.7. The summed E-state index contributed by atoms with van der Waals surface area (Å²) in [6.45, 7) is 0.767. The van der Waals surface area contributed by atoms with Crippen LogP contribution in [0.25, 0.3) is 0 Å². The zero-order valence-corrected chi connectivity index (χ0v) is 16.6. The molecule has 8 nitrogen and oxygen atoms in total. The number of morpholine rings is 1. The van der Waals surface area contributed by atoms with Gasteiger partial charge in [-0.3, -0.25) is 9.78 Å². The van der Waals surface area contributed by atoms with Gasteiger partial charge in [0.1, 0.15) is 10.7 Å². The summed E-state index contributed by atoms with van der Waals surface area (Å²) >= 11 is 0. The maximum Gasteiger partial charge on any atom is 0.244 e. The van der Waals surface area contributed by atoms with Crippen LogP contribution in [0.2, 0.25) is 0 Å². The van der Waals surface area contributed by atoms with Crippen molar-refractivity contribution in [3.63, 3.8) is 0 Å². The predicted molar refractivity (Wildman–Crippen MR) is 107 cm³/mol. The van der Waals surface area contributed by atoms with Crippen molar-refractivity contribution in [3.8, 4) is 0 Å². The van der Waals surface area contributed by atoms with Crippen LogP contribution in [-0.4, -0.2) is 53.9 Å². The lowest BCUT2D eigenvalue weighted by molar-refractivity contribution is -0.117. The van der Waals surface area contributed by atoms with Crippen LogP contribution < -0.4 is 5.32 Å². The summed E-state index contributed by atoms with van der Waals surface area (Å²) in [6.07, 6.45) is 7.37. The Bertz CT molecular complexity index is 1010. The number of fused-ring (bicyclic) bond motifs is 2. The number of hydrogen-bond donors (Lipinski definition) is 1. The van der Waals surface area contributed by atoms with Gasteiger partial charge in [-0.1, -0.05) is 6.07 Å². The number of hydrogen-bond acceptors (Lipinski definition) is 6. The standard InChI is InChI=1S/C20H22N4O4S.H2/c25-20(18-8-17(18)13-2-1-7-21-9-13)23-19-6-5-16(10-22-19)29(26,27)24-11-14-3-4-15(12-24)28-14;/h1-2,5-7,9-10,14-15,17-18H,3-4,8,11-12H2,(H,22,23,25);1H. The van der Waals surface area contributed by atoms with Gasteiger partial charge in [0.2, 0.25) is 15.9 Å². The highest BCUT2D eigenvalue weighted by Gasteiger charge is 2.44. The van der Waals surface area contributed by atoms with Crippen LogP contribution in [0, 0.1) is 5.92 Å². The summed E-state index contributed by atoms with van der Waals surface area (Å²) in [6, 6.07) is 6.88. The average molecular weight is 417 g/mol. The Kier molecular flexibility index (Phi) is 4.60. The van der Waals surface area contributed by atoms with Crippen molar-refractivity contribution in [2.75, 3.05) is 18.4 Å². The van der Waals surface area contributed by atoms with Crippen molar-refractivity contribution in [1.29, 1.82) is 0 Å². The molecule has 1 N–H and O–H groups in total. The molecule has 0 aromatic carbocycles. The summed E-state index contributed by atoms with van der Waals surface area (Å²) in [5.74, 6) is 0.327. The van der Waals surface area contributed by atoms with Crippen LogP contribution in [0.4, 0.5) is 5.82 Å². The number of anilines is 1. The largest absolute Gasteiger partial charge is 0.372 e. The fourth-order valence-corrected chi connectivity index (χ4v) is 5.65. The number of aromatic nitrogens is 2. The zero-order valence-electron chi connectivity index (χ0n) is 15.8. The van der Waals surface area contributed by atoms with E-state index in [1.807, 2.05) is 12.1 Å². The van der Waals surface area contributed by atoms with Gasteiger partial charge in [0.25, 0.3) is 0 Å². The average Bonchev–Trinajstić information content (AvgIpc) is 3.48. The maximum absolute atomic E-state index is 12.9. The molecule has 4 unspecified atom stereocenters. The summed E-state index contributed by atoms with van der Waals surface area (Å²) in [5.41, 5.74) is 1.06. The molecule has 4 heterocycles. The monoisotopic (exact) mass is 416 g/mol. The van der Waals surface area contributed by atoms with E-state index in [0.29, 0.717) is 18.9 Å². The molecule has 29 heavy (non-hydrogen) atoms. The Morgan fingerprint density at radius 1 is 1.17 bits per heavy atom. The Morgan fingerprint density at radius 2 is 1.97 bits per heavy atom. The normalized spacial score (nSPS) is 28.8. The molecule has 1 aliphatic carbocycles. The van der Waals surface area contributed by atoms with Gasteiger partial charge >= 0.3 is 0 Å². The van der Waals surface area contributed by atoms with Crippen LogP contribution in [0.5, 0.6) is 0 Å². The Labute approximate surface area is 170 Å². The molecule has 154 valence electrons. The molecule has 1 amide bonds. The first-order chi connectivity index (χ1) is 14.0. The first-order valence-corrected chi connectivity index (χ1v) is 11.3. The van der Waals surface area contributed by atoms with E-state index in [1.54, 1.807) is 18.5 Å². The molecular formula is C20H24N4O4S. The van der Waals surface area contributed by atoms with Gasteiger partial charge in [-0.05, 0) is 48.9 Å². The fraction of sp³-hybridized carbons (Fsp3) is 0.450. The van der Waals surface area contributed by atoms with Crippen LogP contribution >= 0.6 is 0 Å². The highest BCUT2D eigenvalue weighted by atomic mass is 32.2.